The van der Waals surface area contributed by atoms with Gasteiger partial charge in [-0.1, -0.05) is 11.6 Å². The Balaban J connectivity index is 1.69. The number of nitrogens with zero attached hydrogens (tertiary/aromatic N) is 5. The van der Waals surface area contributed by atoms with Crippen molar-refractivity contribution in [2.75, 3.05) is 23.7 Å². The summed E-state index contributed by atoms with van der Waals surface area (Å²) >= 11 is 6.23. The summed E-state index contributed by atoms with van der Waals surface area (Å²) in [5.74, 6) is 0.188. The zero-order valence-electron chi connectivity index (χ0n) is 14.0. The van der Waals surface area contributed by atoms with E-state index in [1.807, 2.05) is 16.8 Å². The Morgan fingerprint density at radius 3 is 2.72 bits per heavy atom. The van der Waals surface area contributed by atoms with Crippen molar-refractivity contribution in [2.24, 2.45) is 5.73 Å². The van der Waals surface area contributed by atoms with Crippen LogP contribution < -0.4 is 16.4 Å². The normalized spacial score (nSPS) is 17.2. The molecule has 0 aromatic carbocycles. The molecule has 4 heterocycles. The molecule has 3 aromatic heterocycles. The lowest BCUT2D eigenvalue weighted by molar-refractivity contribution is 0.364. The van der Waals surface area contributed by atoms with Gasteiger partial charge in [-0.3, -0.25) is 0 Å². The van der Waals surface area contributed by atoms with E-state index in [4.69, 9.17) is 23.1 Å². The second kappa shape index (κ2) is 5.86. The predicted molar refractivity (Wildman–Crippen MR) is 99.7 cm³/mol. The molecule has 4 N–H and O–H groups in total. The molecule has 0 aliphatic carbocycles. The highest BCUT2D eigenvalue weighted by molar-refractivity contribution is 6.33. The summed E-state index contributed by atoms with van der Waals surface area (Å²) in [7, 11) is 0. The number of hydrogen-bond acceptors (Lipinski definition) is 6. The third-order valence-electron chi connectivity index (χ3n) is 4.79. The third kappa shape index (κ3) is 3.01. The molecule has 0 spiro atoms. The van der Waals surface area contributed by atoms with Crippen molar-refractivity contribution in [3.63, 3.8) is 0 Å². The first-order valence-corrected chi connectivity index (χ1v) is 8.60. The average Bonchev–Trinajstić information content (AvgIpc) is 3.00. The van der Waals surface area contributed by atoms with Gasteiger partial charge >= 0.3 is 0 Å². The topological polar surface area (TPSA) is 98.4 Å². The second-order valence-corrected chi connectivity index (χ2v) is 7.25. The van der Waals surface area contributed by atoms with Crippen LogP contribution in [0.4, 0.5) is 11.6 Å². The van der Waals surface area contributed by atoms with Crippen LogP contribution in [0.1, 0.15) is 19.8 Å². The van der Waals surface area contributed by atoms with Crippen LogP contribution in [0.3, 0.4) is 0 Å². The number of rotatable bonds is 2. The number of fused-ring (bicyclic) bond motifs is 1. The van der Waals surface area contributed by atoms with Crippen LogP contribution in [-0.2, 0) is 0 Å². The van der Waals surface area contributed by atoms with Crippen molar-refractivity contribution >= 4 is 28.8 Å². The van der Waals surface area contributed by atoms with Gasteiger partial charge in [0.2, 0.25) is 5.95 Å². The number of piperidine rings is 1. The zero-order valence-corrected chi connectivity index (χ0v) is 14.7. The number of nitrogens with two attached hydrogens (primary N) is 2. The van der Waals surface area contributed by atoms with Gasteiger partial charge < -0.3 is 16.4 Å². The lowest BCUT2D eigenvalue weighted by atomic mass is 9.91. The fraction of sp³-hybridized carbons (Fsp3) is 0.353. The summed E-state index contributed by atoms with van der Waals surface area (Å²) in [5.41, 5.74) is 15.3. The molecule has 7 nitrogen and oxygen atoms in total. The van der Waals surface area contributed by atoms with E-state index < -0.39 is 0 Å². The quantitative estimate of drug-likeness (QED) is 0.730. The van der Waals surface area contributed by atoms with Gasteiger partial charge in [-0.15, -0.1) is 0 Å². The minimum atomic E-state index is -0.0663. The number of halogens is 1. The molecule has 1 fully saturated rings. The Bertz CT molecular complexity index is 924. The number of aromatic nitrogens is 4. The van der Waals surface area contributed by atoms with Crippen LogP contribution in [0, 0.1) is 0 Å². The molecule has 130 valence electrons. The van der Waals surface area contributed by atoms with E-state index in [1.54, 1.807) is 6.20 Å². The Morgan fingerprint density at radius 1 is 1.20 bits per heavy atom. The third-order valence-corrected chi connectivity index (χ3v) is 5.07. The van der Waals surface area contributed by atoms with Gasteiger partial charge in [-0.05, 0) is 31.9 Å². The maximum atomic E-state index is 6.23. The zero-order chi connectivity index (χ0) is 17.6. The average molecular weight is 358 g/mol. The summed E-state index contributed by atoms with van der Waals surface area (Å²) < 4.78 is 1.84. The Labute approximate surface area is 150 Å². The monoisotopic (exact) mass is 357 g/mol. The first kappa shape index (κ1) is 16.1. The van der Waals surface area contributed by atoms with Crippen LogP contribution in [0.2, 0.25) is 5.02 Å². The highest BCUT2D eigenvalue weighted by atomic mass is 35.5. The van der Waals surface area contributed by atoms with Gasteiger partial charge in [0.25, 0.3) is 0 Å². The van der Waals surface area contributed by atoms with Crippen LogP contribution in [0.25, 0.3) is 16.8 Å². The maximum Gasteiger partial charge on any atom is 0.220 e. The SMILES string of the molecule is CC1(N)CCN(c2ccc3c(-c4nc(N)ncc4Cl)cnn3c2)CC1. The highest BCUT2D eigenvalue weighted by Gasteiger charge is 2.26. The van der Waals surface area contributed by atoms with Crippen LogP contribution in [0.15, 0.2) is 30.7 Å². The molecule has 25 heavy (non-hydrogen) atoms. The summed E-state index contributed by atoms with van der Waals surface area (Å²) in [4.78, 5) is 10.5. The fourth-order valence-electron chi connectivity index (χ4n) is 3.19. The molecule has 8 heteroatoms. The Kier molecular flexibility index (Phi) is 3.77. The molecular formula is C17H20ClN7. The number of anilines is 2. The van der Waals surface area contributed by atoms with E-state index in [0.29, 0.717) is 10.7 Å². The van der Waals surface area contributed by atoms with E-state index >= 15 is 0 Å². The second-order valence-electron chi connectivity index (χ2n) is 6.84. The largest absolute Gasteiger partial charge is 0.370 e. The molecule has 3 aromatic rings. The first-order valence-electron chi connectivity index (χ1n) is 8.23. The van der Waals surface area contributed by atoms with E-state index in [9.17, 15) is 0 Å². The van der Waals surface area contributed by atoms with Crippen LogP contribution in [0.5, 0.6) is 0 Å². The van der Waals surface area contributed by atoms with E-state index in [1.165, 1.54) is 6.20 Å². The van der Waals surface area contributed by atoms with E-state index in [-0.39, 0.29) is 11.5 Å². The van der Waals surface area contributed by atoms with Crippen molar-refractivity contribution < 1.29 is 0 Å². The van der Waals surface area contributed by atoms with Crippen LogP contribution >= 0.6 is 11.6 Å². The molecule has 0 radical (unpaired) electrons. The molecule has 1 aliphatic rings. The van der Waals surface area contributed by atoms with Gasteiger partial charge in [-0.25, -0.2) is 14.5 Å². The number of nitrogen functional groups attached to an aromatic ring is 1. The predicted octanol–water partition coefficient (Wildman–Crippen LogP) is 2.34. The summed E-state index contributed by atoms with van der Waals surface area (Å²) in [5, 5.41) is 4.91. The molecule has 1 aliphatic heterocycles. The van der Waals surface area contributed by atoms with Crippen molar-refractivity contribution in [2.45, 2.75) is 25.3 Å². The van der Waals surface area contributed by atoms with Gasteiger partial charge in [0.15, 0.2) is 0 Å². The minimum absolute atomic E-state index is 0.0663. The van der Waals surface area contributed by atoms with Gasteiger partial charge in [0.05, 0.1) is 40.5 Å². The van der Waals surface area contributed by atoms with Gasteiger partial charge in [-0.2, -0.15) is 5.10 Å². The molecule has 0 amide bonds. The first-order chi connectivity index (χ1) is 11.9. The lowest BCUT2D eigenvalue weighted by Crippen LogP contribution is -2.48. The smallest absolute Gasteiger partial charge is 0.220 e. The summed E-state index contributed by atoms with van der Waals surface area (Å²) in [6.45, 7) is 4.01. The molecule has 0 bridgehead atoms. The van der Waals surface area contributed by atoms with E-state index in [0.717, 1.165) is 42.7 Å². The number of pyridine rings is 1. The molecule has 0 atom stereocenters. The Hall–Kier alpha value is -2.38. The van der Waals surface area contributed by atoms with E-state index in [2.05, 4.69) is 33.0 Å². The number of hydrogen-bond donors (Lipinski definition) is 2. The summed E-state index contributed by atoms with van der Waals surface area (Å²) in [6, 6.07) is 4.13. The molecule has 0 unspecified atom stereocenters. The fourth-order valence-corrected chi connectivity index (χ4v) is 3.38. The minimum Gasteiger partial charge on any atom is -0.370 e. The Morgan fingerprint density at radius 2 is 1.96 bits per heavy atom. The van der Waals surface area contributed by atoms with Crippen molar-refractivity contribution in [3.8, 4) is 11.3 Å². The molecule has 4 rings (SSSR count). The lowest BCUT2D eigenvalue weighted by Gasteiger charge is -2.37. The van der Waals surface area contributed by atoms with Gasteiger partial charge in [0, 0.05) is 24.2 Å². The standard InChI is InChI=1S/C17H20ClN7/c1-17(20)4-6-24(7-5-17)11-2-3-14-12(8-22-25(14)10-11)15-13(18)9-21-16(19)23-15/h2-3,8-10H,4-7,20H2,1H3,(H2,19,21,23). The molecule has 1 saturated heterocycles. The highest BCUT2D eigenvalue weighted by Crippen LogP contribution is 2.31. The molecular weight excluding hydrogens is 338 g/mol. The van der Waals surface area contributed by atoms with Crippen LogP contribution in [-0.4, -0.2) is 38.2 Å². The van der Waals surface area contributed by atoms with Gasteiger partial charge in [0.1, 0.15) is 0 Å². The van der Waals surface area contributed by atoms with Crippen molar-refractivity contribution in [3.05, 3.63) is 35.7 Å². The van der Waals surface area contributed by atoms with Crippen molar-refractivity contribution in [1.82, 2.24) is 19.6 Å². The maximum absolute atomic E-state index is 6.23. The molecule has 0 saturated carbocycles. The van der Waals surface area contributed by atoms with Crippen molar-refractivity contribution in [1.29, 1.82) is 0 Å². The summed E-state index contributed by atoms with van der Waals surface area (Å²) in [6.07, 6.45) is 7.24.